The molecule has 5 heteroatoms. The van der Waals surface area contributed by atoms with Gasteiger partial charge in [0.25, 0.3) is 0 Å². The van der Waals surface area contributed by atoms with Gasteiger partial charge in [0.05, 0.1) is 7.11 Å². The van der Waals surface area contributed by atoms with Gasteiger partial charge >= 0.3 is 6.09 Å². The zero-order valence-electron chi connectivity index (χ0n) is 11.8. The minimum absolute atomic E-state index is 0.404. The monoisotopic (exact) mass is 264 g/mol. The second-order valence-electron chi connectivity index (χ2n) is 4.92. The van der Waals surface area contributed by atoms with Crippen molar-refractivity contribution in [3.8, 4) is 5.88 Å². The van der Waals surface area contributed by atoms with Crippen LogP contribution in [0.5, 0.6) is 5.88 Å². The summed E-state index contributed by atoms with van der Waals surface area (Å²) in [6, 6.07) is 3.66. The Morgan fingerprint density at radius 3 is 2.68 bits per heavy atom. The van der Waals surface area contributed by atoms with Crippen LogP contribution < -0.4 is 10.1 Å². The van der Waals surface area contributed by atoms with Gasteiger partial charge in [-0.15, -0.1) is 0 Å². The lowest BCUT2D eigenvalue weighted by Crippen LogP contribution is -2.32. The standard InChI is InChI=1S/C14H20N2O3/c1-14(2,3)19-13(17)15-9-5-6-11-7-8-12(18-4)16-10-11/h5-8,10H,9H2,1-4H3,(H,15,17). The molecule has 0 bridgehead atoms. The van der Waals surface area contributed by atoms with Crippen molar-refractivity contribution in [3.63, 3.8) is 0 Å². The molecule has 0 aliphatic rings. The Labute approximate surface area is 113 Å². The number of carbonyl (C=O) groups excluding carboxylic acids is 1. The number of carbonyl (C=O) groups is 1. The van der Waals surface area contributed by atoms with E-state index in [1.807, 2.05) is 39.0 Å². The summed E-state index contributed by atoms with van der Waals surface area (Å²) in [6.07, 6.45) is 4.96. The van der Waals surface area contributed by atoms with E-state index in [2.05, 4.69) is 10.3 Å². The van der Waals surface area contributed by atoms with Crippen molar-refractivity contribution in [1.82, 2.24) is 10.3 Å². The van der Waals surface area contributed by atoms with Gasteiger partial charge in [0.2, 0.25) is 5.88 Å². The van der Waals surface area contributed by atoms with Crippen molar-refractivity contribution in [2.45, 2.75) is 26.4 Å². The van der Waals surface area contributed by atoms with Crippen LogP contribution in [0, 0.1) is 0 Å². The van der Waals surface area contributed by atoms with Crippen molar-refractivity contribution in [2.24, 2.45) is 0 Å². The summed E-state index contributed by atoms with van der Waals surface area (Å²) >= 11 is 0. The van der Waals surface area contributed by atoms with E-state index in [9.17, 15) is 4.79 Å². The number of nitrogens with one attached hydrogen (secondary N) is 1. The number of aromatic nitrogens is 1. The fourth-order valence-electron chi connectivity index (χ4n) is 1.26. The summed E-state index contributed by atoms with van der Waals surface area (Å²) in [6.45, 7) is 5.88. The third-order valence-corrected chi connectivity index (χ3v) is 2.04. The zero-order valence-corrected chi connectivity index (χ0v) is 11.8. The van der Waals surface area contributed by atoms with Crippen LogP contribution in [0.15, 0.2) is 24.4 Å². The molecule has 1 rings (SSSR count). The van der Waals surface area contributed by atoms with Crippen molar-refractivity contribution in [2.75, 3.05) is 13.7 Å². The van der Waals surface area contributed by atoms with E-state index in [0.29, 0.717) is 12.4 Å². The van der Waals surface area contributed by atoms with Gasteiger partial charge in [-0.3, -0.25) is 0 Å². The summed E-state index contributed by atoms with van der Waals surface area (Å²) in [4.78, 5) is 15.4. The van der Waals surface area contributed by atoms with Crippen LogP contribution in [0.4, 0.5) is 4.79 Å². The van der Waals surface area contributed by atoms with Gasteiger partial charge in [0.1, 0.15) is 5.60 Å². The van der Waals surface area contributed by atoms with Crippen molar-refractivity contribution in [1.29, 1.82) is 0 Å². The number of ether oxygens (including phenoxy) is 2. The van der Waals surface area contributed by atoms with Gasteiger partial charge in [-0.05, 0) is 32.4 Å². The van der Waals surface area contributed by atoms with E-state index in [0.717, 1.165) is 5.56 Å². The number of hydrogen-bond donors (Lipinski definition) is 1. The highest BCUT2D eigenvalue weighted by atomic mass is 16.6. The van der Waals surface area contributed by atoms with E-state index < -0.39 is 11.7 Å². The number of nitrogens with zero attached hydrogens (tertiary/aromatic N) is 1. The molecule has 0 fully saturated rings. The Morgan fingerprint density at radius 2 is 2.16 bits per heavy atom. The van der Waals surface area contributed by atoms with E-state index in [4.69, 9.17) is 9.47 Å². The first-order valence-corrected chi connectivity index (χ1v) is 6.04. The Hall–Kier alpha value is -2.04. The summed E-state index contributed by atoms with van der Waals surface area (Å²) in [7, 11) is 1.57. The molecule has 0 aliphatic heterocycles. The molecule has 1 amide bonds. The number of rotatable bonds is 4. The highest BCUT2D eigenvalue weighted by Gasteiger charge is 2.14. The molecule has 0 spiro atoms. The van der Waals surface area contributed by atoms with Crippen LogP contribution in [0.1, 0.15) is 26.3 Å². The molecule has 0 atom stereocenters. The summed E-state index contributed by atoms with van der Waals surface area (Å²) < 4.78 is 10.1. The van der Waals surface area contributed by atoms with Crippen LogP contribution in [-0.2, 0) is 4.74 Å². The summed E-state index contributed by atoms with van der Waals surface area (Å²) in [5, 5.41) is 2.64. The highest BCUT2D eigenvalue weighted by Crippen LogP contribution is 2.08. The molecule has 1 N–H and O–H groups in total. The van der Waals surface area contributed by atoms with Crippen LogP contribution >= 0.6 is 0 Å². The van der Waals surface area contributed by atoms with Crippen LogP contribution in [0.2, 0.25) is 0 Å². The van der Waals surface area contributed by atoms with E-state index in [1.54, 1.807) is 19.4 Å². The number of hydrogen-bond acceptors (Lipinski definition) is 4. The van der Waals surface area contributed by atoms with Crippen molar-refractivity contribution < 1.29 is 14.3 Å². The lowest BCUT2D eigenvalue weighted by Gasteiger charge is -2.19. The van der Waals surface area contributed by atoms with Gasteiger partial charge in [0, 0.05) is 18.8 Å². The molecule has 0 radical (unpaired) electrons. The number of methoxy groups -OCH3 is 1. The molecule has 19 heavy (non-hydrogen) atoms. The topological polar surface area (TPSA) is 60.5 Å². The zero-order chi connectivity index (χ0) is 14.3. The minimum Gasteiger partial charge on any atom is -0.481 e. The molecular weight excluding hydrogens is 244 g/mol. The SMILES string of the molecule is COc1ccc(C=CCNC(=O)OC(C)(C)C)cn1. The Bertz CT molecular complexity index is 433. The average molecular weight is 264 g/mol. The quantitative estimate of drug-likeness (QED) is 0.908. The first-order chi connectivity index (χ1) is 8.90. The minimum atomic E-state index is -0.478. The van der Waals surface area contributed by atoms with Gasteiger partial charge < -0.3 is 14.8 Å². The van der Waals surface area contributed by atoms with Crippen LogP contribution in [0.25, 0.3) is 6.08 Å². The Morgan fingerprint density at radius 1 is 1.42 bits per heavy atom. The Kier molecular flexibility index (Phi) is 5.36. The van der Waals surface area contributed by atoms with E-state index >= 15 is 0 Å². The molecule has 0 aromatic carbocycles. The molecule has 1 heterocycles. The smallest absolute Gasteiger partial charge is 0.407 e. The van der Waals surface area contributed by atoms with Crippen molar-refractivity contribution in [3.05, 3.63) is 30.0 Å². The molecule has 0 saturated heterocycles. The molecule has 0 aliphatic carbocycles. The van der Waals surface area contributed by atoms with Crippen LogP contribution in [-0.4, -0.2) is 30.3 Å². The molecule has 5 nitrogen and oxygen atoms in total. The third-order valence-electron chi connectivity index (χ3n) is 2.04. The lowest BCUT2D eigenvalue weighted by molar-refractivity contribution is 0.0534. The normalized spacial score (nSPS) is 11.4. The molecule has 104 valence electrons. The number of pyridine rings is 1. The lowest BCUT2D eigenvalue weighted by atomic mass is 10.2. The van der Waals surface area contributed by atoms with E-state index in [1.165, 1.54) is 0 Å². The second-order valence-corrected chi connectivity index (χ2v) is 4.92. The van der Waals surface area contributed by atoms with Gasteiger partial charge in [-0.25, -0.2) is 9.78 Å². The number of amides is 1. The predicted octanol–water partition coefficient (Wildman–Crippen LogP) is 2.63. The fourth-order valence-corrected chi connectivity index (χ4v) is 1.26. The maximum Gasteiger partial charge on any atom is 0.407 e. The average Bonchev–Trinajstić information content (AvgIpc) is 2.33. The molecule has 0 saturated carbocycles. The van der Waals surface area contributed by atoms with Crippen molar-refractivity contribution >= 4 is 12.2 Å². The maximum absolute atomic E-state index is 11.4. The first kappa shape index (κ1) is 15.0. The molecule has 0 unspecified atom stereocenters. The molecular formula is C14H20N2O3. The van der Waals surface area contributed by atoms with Gasteiger partial charge in [-0.2, -0.15) is 0 Å². The largest absolute Gasteiger partial charge is 0.481 e. The maximum atomic E-state index is 11.4. The first-order valence-electron chi connectivity index (χ1n) is 6.04. The summed E-state index contributed by atoms with van der Waals surface area (Å²) in [5.41, 5.74) is 0.458. The fraction of sp³-hybridized carbons (Fsp3) is 0.429. The van der Waals surface area contributed by atoms with Gasteiger partial charge in [0.15, 0.2) is 0 Å². The van der Waals surface area contributed by atoms with Gasteiger partial charge in [-0.1, -0.05) is 12.2 Å². The number of alkyl carbamates (subject to hydrolysis) is 1. The Balaban J connectivity index is 2.35. The summed E-state index contributed by atoms with van der Waals surface area (Å²) in [5.74, 6) is 0.573. The van der Waals surface area contributed by atoms with Crippen LogP contribution in [0.3, 0.4) is 0 Å². The predicted molar refractivity (Wildman–Crippen MR) is 74.1 cm³/mol. The second kappa shape index (κ2) is 6.78. The third kappa shape index (κ3) is 6.45. The molecule has 1 aromatic rings. The van der Waals surface area contributed by atoms with E-state index in [-0.39, 0.29) is 0 Å². The molecule has 1 aromatic heterocycles. The highest BCUT2D eigenvalue weighted by molar-refractivity contribution is 5.68.